The van der Waals surface area contributed by atoms with Crippen LogP contribution in [0.3, 0.4) is 0 Å². The van der Waals surface area contributed by atoms with E-state index in [0.717, 1.165) is 6.42 Å². The second kappa shape index (κ2) is 7.97. The van der Waals surface area contributed by atoms with Crippen molar-refractivity contribution in [2.75, 3.05) is 24.6 Å². The Morgan fingerprint density at radius 3 is 2.83 bits per heavy atom. The highest BCUT2D eigenvalue weighted by Gasteiger charge is 2.25. The molecule has 0 aromatic heterocycles. The van der Waals surface area contributed by atoms with E-state index in [9.17, 15) is 9.59 Å². The maximum absolute atomic E-state index is 12.1. The summed E-state index contributed by atoms with van der Waals surface area (Å²) in [6.45, 7) is 4.96. The van der Waals surface area contributed by atoms with Crippen LogP contribution >= 0.6 is 0 Å². The van der Waals surface area contributed by atoms with Crippen LogP contribution in [-0.2, 0) is 9.59 Å². The number of hydrogen-bond donors (Lipinski definition) is 2. The number of fused-ring (bicyclic) bond motifs is 1. The Kier molecular flexibility index (Phi) is 5.98. The number of carbonyl (C=O) groups is 2. The summed E-state index contributed by atoms with van der Waals surface area (Å²) < 4.78 is 5.39. The molecule has 1 unspecified atom stereocenters. The Hall–Kier alpha value is -2.08. The summed E-state index contributed by atoms with van der Waals surface area (Å²) in [4.78, 5) is 25.8. The molecule has 6 heteroatoms. The highest BCUT2D eigenvalue weighted by molar-refractivity contribution is 5.98. The van der Waals surface area contributed by atoms with Gasteiger partial charge in [-0.2, -0.15) is 0 Å². The van der Waals surface area contributed by atoms with Gasteiger partial charge >= 0.3 is 0 Å². The molecule has 1 aliphatic heterocycles. The van der Waals surface area contributed by atoms with Gasteiger partial charge in [0.25, 0.3) is 5.91 Å². The van der Waals surface area contributed by atoms with E-state index in [1.54, 1.807) is 4.90 Å². The minimum atomic E-state index is -0.131. The van der Waals surface area contributed by atoms with E-state index in [0.29, 0.717) is 30.4 Å². The van der Waals surface area contributed by atoms with Gasteiger partial charge in [0.15, 0.2) is 6.61 Å². The van der Waals surface area contributed by atoms with Crippen molar-refractivity contribution >= 4 is 17.5 Å². The minimum absolute atomic E-state index is 0.0113. The number of anilines is 1. The Bertz CT molecular complexity index is 560. The second-order valence-electron chi connectivity index (χ2n) is 6.18. The zero-order valence-corrected chi connectivity index (χ0v) is 13.7. The number of carbonyl (C=O) groups excluding carboxylic acids is 2. The third kappa shape index (κ3) is 4.69. The molecular formula is C17H25N3O3. The Morgan fingerprint density at radius 1 is 1.39 bits per heavy atom. The molecule has 1 aromatic rings. The van der Waals surface area contributed by atoms with Crippen LogP contribution in [0.4, 0.5) is 5.69 Å². The zero-order valence-electron chi connectivity index (χ0n) is 13.7. The third-order valence-corrected chi connectivity index (χ3v) is 3.78. The normalized spacial score (nSPS) is 15.1. The minimum Gasteiger partial charge on any atom is -0.482 e. The summed E-state index contributed by atoms with van der Waals surface area (Å²) in [6, 6.07) is 7.33. The predicted octanol–water partition coefficient (Wildman–Crippen LogP) is 1.29. The number of rotatable bonds is 7. The van der Waals surface area contributed by atoms with Crippen LogP contribution in [0.5, 0.6) is 5.75 Å². The smallest absolute Gasteiger partial charge is 0.265 e. The van der Waals surface area contributed by atoms with Gasteiger partial charge in [0.1, 0.15) is 5.75 Å². The SMILES string of the molecule is CC(C)CC(CN)NC(=O)CCN1C(=O)COc2ccccc21. The molecule has 1 aliphatic rings. The molecule has 0 saturated heterocycles. The average molecular weight is 319 g/mol. The lowest BCUT2D eigenvalue weighted by Gasteiger charge is -2.29. The first kappa shape index (κ1) is 17.3. The molecule has 0 saturated carbocycles. The number of para-hydroxylation sites is 2. The Morgan fingerprint density at radius 2 is 2.13 bits per heavy atom. The van der Waals surface area contributed by atoms with E-state index in [2.05, 4.69) is 19.2 Å². The van der Waals surface area contributed by atoms with E-state index >= 15 is 0 Å². The van der Waals surface area contributed by atoms with E-state index in [4.69, 9.17) is 10.5 Å². The summed E-state index contributed by atoms with van der Waals surface area (Å²) in [6.07, 6.45) is 1.09. The number of hydrogen-bond acceptors (Lipinski definition) is 4. The molecule has 23 heavy (non-hydrogen) atoms. The highest BCUT2D eigenvalue weighted by atomic mass is 16.5. The van der Waals surface area contributed by atoms with Gasteiger partial charge in [0, 0.05) is 25.6 Å². The van der Waals surface area contributed by atoms with Crippen LogP contribution in [0.2, 0.25) is 0 Å². The van der Waals surface area contributed by atoms with Gasteiger partial charge in [-0.15, -0.1) is 0 Å². The first-order chi connectivity index (χ1) is 11.0. The molecule has 0 fully saturated rings. The van der Waals surface area contributed by atoms with Gasteiger partial charge in [-0.3, -0.25) is 9.59 Å². The standard InChI is InChI=1S/C17H25N3O3/c1-12(2)9-13(10-18)19-16(21)7-8-20-14-5-3-4-6-15(14)23-11-17(20)22/h3-6,12-13H,7-11,18H2,1-2H3,(H,19,21). The quantitative estimate of drug-likeness (QED) is 0.793. The lowest BCUT2D eigenvalue weighted by atomic mass is 10.0. The largest absolute Gasteiger partial charge is 0.482 e. The van der Waals surface area contributed by atoms with Crippen LogP contribution in [0.1, 0.15) is 26.7 Å². The van der Waals surface area contributed by atoms with E-state index < -0.39 is 0 Å². The van der Waals surface area contributed by atoms with E-state index in [1.165, 1.54) is 0 Å². The van der Waals surface area contributed by atoms with Gasteiger partial charge in [0.05, 0.1) is 5.69 Å². The van der Waals surface area contributed by atoms with Crippen molar-refractivity contribution in [1.82, 2.24) is 5.32 Å². The van der Waals surface area contributed by atoms with Gasteiger partial charge in [0.2, 0.25) is 5.91 Å². The molecule has 0 bridgehead atoms. The van der Waals surface area contributed by atoms with Gasteiger partial charge in [-0.1, -0.05) is 26.0 Å². The molecular weight excluding hydrogens is 294 g/mol. The summed E-state index contributed by atoms with van der Waals surface area (Å²) in [5.41, 5.74) is 6.41. The van der Waals surface area contributed by atoms with Crippen molar-refractivity contribution in [3.05, 3.63) is 24.3 Å². The monoisotopic (exact) mass is 319 g/mol. The number of nitrogens with one attached hydrogen (secondary N) is 1. The van der Waals surface area contributed by atoms with E-state index in [1.807, 2.05) is 24.3 Å². The lowest BCUT2D eigenvalue weighted by molar-refractivity contribution is -0.122. The maximum Gasteiger partial charge on any atom is 0.265 e. The van der Waals surface area contributed by atoms with Crippen molar-refractivity contribution < 1.29 is 14.3 Å². The molecule has 2 rings (SSSR count). The summed E-state index contributed by atoms with van der Waals surface area (Å²) in [5.74, 6) is 0.927. The number of ether oxygens (including phenoxy) is 1. The second-order valence-corrected chi connectivity index (χ2v) is 6.18. The van der Waals surface area contributed by atoms with Crippen molar-refractivity contribution in [2.24, 2.45) is 11.7 Å². The fourth-order valence-corrected chi connectivity index (χ4v) is 2.70. The maximum atomic E-state index is 12.1. The number of benzene rings is 1. The fourth-order valence-electron chi connectivity index (χ4n) is 2.70. The summed E-state index contributed by atoms with van der Waals surface area (Å²) >= 11 is 0. The van der Waals surface area contributed by atoms with Gasteiger partial charge in [-0.25, -0.2) is 0 Å². The highest BCUT2D eigenvalue weighted by Crippen LogP contribution is 2.31. The molecule has 1 heterocycles. The van der Waals surface area contributed by atoms with Gasteiger partial charge in [-0.05, 0) is 24.5 Å². The molecule has 6 nitrogen and oxygen atoms in total. The molecule has 0 aliphatic carbocycles. The van der Waals surface area contributed by atoms with Crippen LogP contribution in [0, 0.1) is 5.92 Å². The van der Waals surface area contributed by atoms with Crippen LogP contribution in [0.15, 0.2) is 24.3 Å². The van der Waals surface area contributed by atoms with E-state index in [-0.39, 0.29) is 30.9 Å². The zero-order chi connectivity index (χ0) is 16.8. The third-order valence-electron chi connectivity index (χ3n) is 3.78. The van der Waals surface area contributed by atoms with Crippen molar-refractivity contribution in [1.29, 1.82) is 0 Å². The Balaban J connectivity index is 1.92. The molecule has 1 aromatic carbocycles. The summed E-state index contributed by atoms with van der Waals surface area (Å²) in [7, 11) is 0. The fraction of sp³-hybridized carbons (Fsp3) is 0.529. The average Bonchev–Trinajstić information content (AvgIpc) is 2.52. The number of amides is 2. The number of nitrogens with two attached hydrogens (primary N) is 1. The van der Waals surface area contributed by atoms with Crippen LogP contribution < -0.4 is 20.7 Å². The first-order valence-electron chi connectivity index (χ1n) is 8.03. The van der Waals surface area contributed by atoms with Crippen molar-refractivity contribution in [2.45, 2.75) is 32.7 Å². The molecule has 1 atom stereocenters. The van der Waals surface area contributed by atoms with Crippen LogP contribution in [-0.4, -0.2) is 37.6 Å². The van der Waals surface area contributed by atoms with Crippen LogP contribution in [0.25, 0.3) is 0 Å². The lowest BCUT2D eigenvalue weighted by Crippen LogP contribution is -2.44. The van der Waals surface area contributed by atoms with Crippen molar-refractivity contribution in [3.63, 3.8) is 0 Å². The molecule has 2 amide bonds. The predicted molar refractivity (Wildman–Crippen MR) is 89.3 cm³/mol. The molecule has 0 spiro atoms. The molecule has 3 N–H and O–H groups in total. The topological polar surface area (TPSA) is 84.7 Å². The summed E-state index contributed by atoms with van der Waals surface area (Å²) in [5, 5.41) is 2.94. The first-order valence-corrected chi connectivity index (χ1v) is 8.03. The van der Waals surface area contributed by atoms with Crippen molar-refractivity contribution in [3.8, 4) is 5.75 Å². The number of nitrogens with zero attached hydrogens (tertiary/aromatic N) is 1. The molecule has 126 valence electrons. The Labute approximate surface area is 137 Å². The molecule has 0 radical (unpaired) electrons. The van der Waals surface area contributed by atoms with Gasteiger partial charge < -0.3 is 20.7 Å².